The summed E-state index contributed by atoms with van der Waals surface area (Å²) in [5, 5.41) is 0. The SMILES string of the molecule is CC(C)(C)N1C=CC[S+]1[O-]. The van der Waals surface area contributed by atoms with E-state index in [1.54, 1.807) is 0 Å². The van der Waals surface area contributed by atoms with Crippen molar-refractivity contribution in [3.63, 3.8) is 0 Å². The summed E-state index contributed by atoms with van der Waals surface area (Å²) in [6.45, 7) is 6.17. The Bertz CT molecular complexity index is 150. The molecule has 10 heavy (non-hydrogen) atoms. The standard InChI is InChI=1S/C7H13NOS/c1-7(2,3)8-5-4-6-10(8)9/h4-5H,6H2,1-3H3. The maximum Gasteiger partial charge on any atom is 0.151 e. The van der Waals surface area contributed by atoms with Crippen molar-refractivity contribution in [2.45, 2.75) is 26.3 Å². The molecule has 0 spiro atoms. The van der Waals surface area contributed by atoms with Crippen LogP contribution in [0, 0.1) is 0 Å². The van der Waals surface area contributed by atoms with Gasteiger partial charge >= 0.3 is 0 Å². The van der Waals surface area contributed by atoms with Gasteiger partial charge < -0.3 is 4.55 Å². The van der Waals surface area contributed by atoms with Crippen molar-refractivity contribution in [1.29, 1.82) is 0 Å². The van der Waals surface area contributed by atoms with Crippen molar-refractivity contribution >= 4 is 11.4 Å². The summed E-state index contributed by atoms with van der Waals surface area (Å²) in [5.74, 6) is 0.678. The van der Waals surface area contributed by atoms with Crippen LogP contribution in [0.5, 0.6) is 0 Å². The molecule has 0 bridgehead atoms. The molecular formula is C7H13NOS. The van der Waals surface area contributed by atoms with Crippen LogP contribution in [0.25, 0.3) is 0 Å². The first-order chi connectivity index (χ1) is 4.52. The highest BCUT2D eigenvalue weighted by Crippen LogP contribution is 2.22. The number of hydrogen-bond acceptors (Lipinski definition) is 2. The fourth-order valence-corrected chi connectivity index (χ4v) is 2.14. The van der Waals surface area contributed by atoms with E-state index in [0.29, 0.717) is 5.75 Å². The molecule has 1 atom stereocenters. The molecule has 0 saturated carbocycles. The molecule has 58 valence electrons. The molecule has 0 aromatic heterocycles. The number of hydrogen-bond donors (Lipinski definition) is 0. The van der Waals surface area contributed by atoms with Gasteiger partial charge in [-0.15, -0.1) is 0 Å². The van der Waals surface area contributed by atoms with E-state index < -0.39 is 11.4 Å². The summed E-state index contributed by atoms with van der Waals surface area (Å²) < 4.78 is 13.1. The van der Waals surface area contributed by atoms with E-state index in [1.807, 2.05) is 16.6 Å². The van der Waals surface area contributed by atoms with Gasteiger partial charge in [-0.05, 0) is 26.8 Å². The Balaban J connectivity index is 2.64. The molecule has 3 heteroatoms. The summed E-state index contributed by atoms with van der Waals surface area (Å²) in [4.78, 5) is 0. The van der Waals surface area contributed by atoms with Crippen LogP contribution in [-0.4, -0.2) is 20.1 Å². The van der Waals surface area contributed by atoms with Gasteiger partial charge in [0.25, 0.3) is 0 Å². The normalized spacial score (nSPS) is 26.0. The van der Waals surface area contributed by atoms with Crippen molar-refractivity contribution in [3.05, 3.63) is 12.3 Å². The second kappa shape index (κ2) is 2.47. The van der Waals surface area contributed by atoms with Gasteiger partial charge in [-0.2, -0.15) is 4.31 Å². The second-order valence-electron chi connectivity index (χ2n) is 3.37. The first-order valence-corrected chi connectivity index (χ1v) is 4.64. The molecule has 0 aliphatic carbocycles. The van der Waals surface area contributed by atoms with Crippen LogP contribution in [0.2, 0.25) is 0 Å². The first kappa shape index (κ1) is 7.95. The Morgan fingerprint density at radius 2 is 2.10 bits per heavy atom. The first-order valence-electron chi connectivity index (χ1n) is 3.36. The van der Waals surface area contributed by atoms with Gasteiger partial charge in [0.15, 0.2) is 5.75 Å². The van der Waals surface area contributed by atoms with Crippen LogP contribution in [0.15, 0.2) is 12.3 Å². The van der Waals surface area contributed by atoms with E-state index >= 15 is 0 Å². The molecule has 1 unspecified atom stereocenters. The molecule has 0 aromatic carbocycles. The van der Waals surface area contributed by atoms with Gasteiger partial charge in [0.05, 0.1) is 23.1 Å². The van der Waals surface area contributed by atoms with Crippen molar-refractivity contribution in [3.8, 4) is 0 Å². The predicted octanol–water partition coefficient (Wildman–Crippen LogP) is 1.28. The van der Waals surface area contributed by atoms with E-state index in [2.05, 4.69) is 20.8 Å². The summed E-state index contributed by atoms with van der Waals surface area (Å²) in [5.41, 5.74) is -0.00212. The van der Waals surface area contributed by atoms with Gasteiger partial charge in [0.1, 0.15) is 0 Å². The minimum Gasteiger partial charge on any atom is -0.593 e. The Morgan fingerprint density at radius 1 is 1.50 bits per heavy atom. The zero-order valence-electron chi connectivity index (χ0n) is 6.63. The highest BCUT2D eigenvalue weighted by Gasteiger charge is 2.30. The maximum absolute atomic E-state index is 11.2. The van der Waals surface area contributed by atoms with Gasteiger partial charge in [-0.25, -0.2) is 0 Å². The molecule has 0 saturated heterocycles. The molecule has 2 nitrogen and oxygen atoms in total. The van der Waals surface area contributed by atoms with E-state index in [9.17, 15) is 4.55 Å². The lowest BCUT2D eigenvalue weighted by Crippen LogP contribution is -2.39. The zero-order chi connectivity index (χ0) is 7.78. The Kier molecular flexibility index (Phi) is 1.97. The zero-order valence-corrected chi connectivity index (χ0v) is 7.44. The smallest absolute Gasteiger partial charge is 0.151 e. The lowest BCUT2D eigenvalue weighted by atomic mass is 10.1. The van der Waals surface area contributed by atoms with Crippen molar-refractivity contribution in [2.24, 2.45) is 0 Å². The fourth-order valence-electron chi connectivity index (χ4n) is 0.898. The highest BCUT2D eigenvalue weighted by molar-refractivity contribution is 7.89. The monoisotopic (exact) mass is 159 g/mol. The largest absolute Gasteiger partial charge is 0.593 e. The van der Waals surface area contributed by atoms with Crippen molar-refractivity contribution in [2.75, 3.05) is 5.75 Å². The van der Waals surface area contributed by atoms with Gasteiger partial charge in [0, 0.05) is 0 Å². The molecule has 1 aliphatic heterocycles. The summed E-state index contributed by atoms with van der Waals surface area (Å²) in [6.07, 6.45) is 3.86. The molecular weight excluding hydrogens is 146 g/mol. The van der Waals surface area contributed by atoms with E-state index in [0.717, 1.165) is 0 Å². The second-order valence-corrected chi connectivity index (χ2v) is 4.74. The summed E-state index contributed by atoms with van der Waals surface area (Å²) in [6, 6.07) is 0. The van der Waals surface area contributed by atoms with Crippen LogP contribution in [0.3, 0.4) is 0 Å². The average Bonchev–Trinajstić information content (AvgIpc) is 2.11. The third-order valence-corrected chi connectivity index (χ3v) is 2.95. The molecule has 0 amide bonds. The number of rotatable bonds is 0. The Morgan fingerprint density at radius 3 is 2.30 bits per heavy atom. The molecule has 1 rings (SSSR count). The van der Waals surface area contributed by atoms with Crippen LogP contribution < -0.4 is 0 Å². The molecule has 1 aliphatic rings. The highest BCUT2D eigenvalue weighted by atomic mass is 32.2. The quantitative estimate of drug-likeness (QED) is 0.498. The van der Waals surface area contributed by atoms with E-state index in [1.165, 1.54) is 0 Å². The summed E-state index contributed by atoms with van der Waals surface area (Å²) >= 11 is -0.808. The summed E-state index contributed by atoms with van der Waals surface area (Å²) in [7, 11) is 0. The average molecular weight is 159 g/mol. The van der Waals surface area contributed by atoms with E-state index in [-0.39, 0.29) is 5.54 Å². The van der Waals surface area contributed by atoms with Crippen LogP contribution in [0.4, 0.5) is 0 Å². The van der Waals surface area contributed by atoms with Crippen LogP contribution in [-0.2, 0) is 11.4 Å². The molecule has 0 N–H and O–H groups in total. The molecule has 0 fully saturated rings. The van der Waals surface area contributed by atoms with Crippen LogP contribution in [0.1, 0.15) is 20.8 Å². The fraction of sp³-hybridized carbons (Fsp3) is 0.714. The van der Waals surface area contributed by atoms with Crippen molar-refractivity contribution < 1.29 is 4.55 Å². The predicted molar refractivity (Wildman–Crippen MR) is 43.7 cm³/mol. The van der Waals surface area contributed by atoms with Gasteiger partial charge in [-0.1, -0.05) is 0 Å². The molecule has 1 heterocycles. The van der Waals surface area contributed by atoms with E-state index in [4.69, 9.17) is 0 Å². The Hall–Kier alpha value is -0.150. The lowest BCUT2D eigenvalue weighted by Gasteiger charge is -2.30. The number of nitrogens with zero attached hydrogens (tertiary/aromatic N) is 1. The Labute approximate surface area is 65.2 Å². The molecule has 0 radical (unpaired) electrons. The lowest BCUT2D eigenvalue weighted by molar-refractivity contribution is 0.325. The molecule has 0 aromatic rings. The topological polar surface area (TPSA) is 26.3 Å². The van der Waals surface area contributed by atoms with Crippen LogP contribution >= 0.6 is 0 Å². The van der Waals surface area contributed by atoms with Gasteiger partial charge in [-0.3, -0.25) is 0 Å². The third kappa shape index (κ3) is 1.47. The van der Waals surface area contributed by atoms with Crippen molar-refractivity contribution in [1.82, 2.24) is 4.31 Å². The van der Waals surface area contributed by atoms with Gasteiger partial charge in [0.2, 0.25) is 0 Å². The minimum atomic E-state index is -0.808. The maximum atomic E-state index is 11.2. The third-order valence-electron chi connectivity index (χ3n) is 1.36. The minimum absolute atomic E-state index is 0.00212.